The van der Waals surface area contributed by atoms with E-state index in [4.69, 9.17) is 15.5 Å². The molecule has 0 bridgehead atoms. The summed E-state index contributed by atoms with van der Waals surface area (Å²) in [6, 6.07) is 14.8. The van der Waals surface area contributed by atoms with Gasteiger partial charge in [-0.3, -0.25) is 9.68 Å². The normalized spacial score (nSPS) is 13.6. The van der Waals surface area contributed by atoms with E-state index < -0.39 is 17.1 Å². The third-order valence-electron chi connectivity index (χ3n) is 4.22. The number of nitrogens with two attached hydrogens (primary N) is 1. The van der Waals surface area contributed by atoms with Gasteiger partial charge in [0.25, 0.3) is 0 Å². The van der Waals surface area contributed by atoms with Crippen LogP contribution < -0.4 is 11.2 Å². The molecule has 31 heavy (non-hydrogen) atoms. The number of carbonyl (C=O) groups is 1. The first-order valence-corrected chi connectivity index (χ1v) is 9.37. The maximum Gasteiger partial charge on any atom is 0.339 e. The number of nitrogens with zero attached hydrogens (tertiary/aromatic N) is 2. The van der Waals surface area contributed by atoms with E-state index in [2.05, 4.69) is 10.4 Å². The molecule has 0 aliphatic heterocycles. The van der Waals surface area contributed by atoms with Crippen molar-refractivity contribution in [1.29, 1.82) is 0 Å². The Balaban J connectivity index is 2.88. The summed E-state index contributed by atoms with van der Waals surface area (Å²) in [6.07, 6.45) is 1.25. The molecule has 164 valence electrons. The highest BCUT2D eigenvalue weighted by Gasteiger charge is 2.54. The number of carboxylic acids is 1. The van der Waals surface area contributed by atoms with Crippen LogP contribution in [0.5, 0.6) is 0 Å². The fraction of sp³-hybridized carbons (Fsp3) is 0.273. The van der Waals surface area contributed by atoms with E-state index in [9.17, 15) is 14.7 Å². The summed E-state index contributed by atoms with van der Waals surface area (Å²) in [5.74, 6) is 5.56. The van der Waals surface area contributed by atoms with Gasteiger partial charge in [0, 0.05) is 5.69 Å². The molecule has 2 aromatic carbocycles. The molecule has 9 heteroatoms. The van der Waals surface area contributed by atoms with Crippen LogP contribution in [0, 0.1) is 0 Å². The number of carbonyl (C=O) groups excluding carboxylic acids is 1. The molecule has 0 unspecified atom stereocenters. The molecule has 0 saturated carbocycles. The van der Waals surface area contributed by atoms with Crippen molar-refractivity contribution in [3.63, 3.8) is 0 Å². The summed E-state index contributed by atoms with van der Waals surface area (Å²) in [5, 5.41) is 17.6. The first kappa shape index (κ1) is 23.8. The summed E-state index contributed by atoms with van der Waals surface area (Å²) in [6.45, 7) is 5.19. The van der Waals surface area contributed by atoms with Gasteiger partial charge in [0.2, 0.25) is 5.54 Å². The van der Waals surface area contributed by atoms with Crippen LogP contribution in [0.25, 0.3) is 5.57 Å². The van der Waals surface area contributed by atoms with Crippen molar-refractivity contribution in [2.45, 2.75) is 31.9 Å². The van der Waals surface area contributed by atoms with Crippen molar-refractivity contribution in [3.8, 4) is 0 Å². The Kier molecular flexibility index (Phi) is 7.68. The molecule has 0 saturated heterocycles. The molecule has 2 aromatic rings. The molecule has 0 fully saturated rings. The van der Waals surface area contributed by atoms with Gasteiger partial charge in [0.15, 0.2) is 0 Å². The number of nitrogens with one attached hydrogen (secondary N) is 1. The highest BCUT2D eigenvalue weighted by molar-refractivity contribution is 6.06. The second-order valence-electron chi connectivity index (χ2n) is 7.51. The van der Waals surface area contributed by atoms with E-state index in [1.807, 2.05) is 5.94 Å². The molecule has 0 radical (unpaired) electrons. The largest absolute Gasteiger partial charge is 0.479 e. The SMILES string of the molecule is CON(OC(C)(C)C)[C@](C(=O)O)(C(=C=O)c1ccccc1)c1cccc(NC=NN)c1. The minimum Gasteiger partial charge on any atom is -0.479 e. The summed E-state index contributed by atoms with van der Waals surface area (Å²) in [5.41, 5.74) is -2.21. The molecular formula is C22H26N4O5. The maximum absolute atomic E-state index is 12.9. The predicted octanol–water partition coefficient (Wildman–Crippen LogP) is 2.79. The summed E-state index contributed by atoms with van der Waals surface area (Å²) >= 11 is 0. The van der Waals surface area contributed by atoms with Gasteiger partial charge in [0.05, 0.1) is 18.3 Å². The van der Waals surface area contributed by atoms with Gasteiger partial charge >= 0.3 is 5.97 Å². The first-order valence-electron chi connectivity index (χ1n) is 9.37. The fourth-order valence-electron chi connectivity index (χ4n) is 3.03. The zero-order valence-corrected chi connectivity index (χ0v) is 17.8. The third kappa shape index (κ3) is 5.17. The molecule has 0 heterocycles. The predicted molar refractivity (Wildman–Crippen MR) is 117 cm³/mol. The van der Waals surface area contributed by atoms with Gasteiger partial charge in [-0.25, -0.2) is 9.59 Å². The molecule has 4 N–H and O–H groups in total. The number of hydrogen-bond donors (Lipinski definition) is 3. The van der Waals surface area contributed by atoms with E-state index in [0.717, 1.165) is 5.23 Å². The maximum atomic E-state index is 12.9. The molecule has 0 amide bonds. The number of anilines is 1. The number of carboxylic acid groups (broad SMARTS) is 1. The average molecular weight is 426 g/mol. The van der Waals surface area contributed by atoms with Crippen molar-refractivity contribution in [3.05, 3.63) is 65.7 Å². The molecular weight excluding hydrogens is 400 g/mol. The quantitative estimate of drug-likeness (QED) is 0.184. The first-order chi connectivity index (χ1) is 14.7. The second-order valence-corrected chi connectivity index (χ2v) is 7.51. The molecule has 0 spiro atoms. The lowest BCUT2D eigenvalue weighted by molar-refractivity contribution is -0.420. The third-order valence-corrected chi connectivity index (χ3v) is 4.22. The standard InChI is InChI=1S/C22H26N4O5/c1-21(2,3)31-26(30-4)22(20(28)29,19(14-27)16-9-6-5-7-10-16)17-11-8-12-18(13-17)24-15-25-23/h5-13,15H,23H2,1-4H3,(H,24,25)(H,28,29)/t22-/m0/s1. The highest BCUT2D eigenvalue weighted by atomic mass is 17.0. The molecule has 0 aromatic heterocycles. The minimum absolute atomic E-state index is 0.184. The Morgan fingerprint density at radius 1 is 1.19 bits per heavy atom. The van der Waals surface area contributed by atoms with Crippen molar-refractivity contribution < 1.29 is 24.4 Å². The van der Waals surface area contributed by atoms with Gasteiger partial charge < -0.3 is 16.3 Å². The van der Waals surface area contributed by atoms with Crippen LogP contribution >= 0.6 is 0 Å². The Morgan fingerprint density at radius 2 is 1.87 bits per heavy atom. The smallest absolute Gasteiger partial charge is 0.339 e. The lowest BCUT2D eigenvalue weighted by Crippen LogP contribution is -2.54. The van der Waals surface area contributed by atoms with E-state index >= 15 is 0 Å². The molecule has 0 aliphatic rings. The van der Waals surface area contributed by atoms with Crippen LogP contribution in [-0.4, -0.2) is 41.3 Å². The van der Waals surface area contributed by atoms with Gasteiger partial charge in [-0.2, -0.15) is 5.10 Å². The Bertz CT molecular complexity index is 981. The van der Waals surface area contributed by atoms with Crippen molar-refractivity contribution in [2.24, 2.45) is 10.9 Å². The van der Waals surface area contributed by atoms with Crippen LogP contribution in [0.2, 0.25) is 0 Å². The summed E-state index contributed by atoms with van der Waals surface area (Å²) in [4.78, 5) is 36.4. The number of hydrazone groups is 1. The average Bonchev–Trinajstić information content (AvgIpc) is 2.74. The fourth-order valence-corrected chi connectivity index (χ4v) is 3.03. The van der Waals surface area contributed by atoms with Crippen LogP contribution in [-0.2, 0) is 24.8 Å². The number of hydroxylamine groups is 2. The molecule has 0 aliphatic carbocycles. The van der Waals surface area contributed by atoms with Crippen LogP contribution in [0.3, 0.4) is 0 Å². The number of rotatable bonds is 9. The minimum atomic E-state index is -2.19. The van der Waals surface area contributed by atoms with Gasteiger partial charge in [-0.15, -0.1) is 0 Å². The van der Waals surface area contributed by atoms with Gasteiger partial charge in [-0.1, -0.05) is 42.5 Å². The Morgan fingerprint density at radius 3 is 2.39 bits per heavy atom. The number of benzene rings is 2. The van der Waals surface area contributed by atoms with E-state index in [0.29, 0.717) is 11.3 Å². The van der Waals surface area contributed by atoms with Crippen molar-refractivity contribution in [2.75, 3.05) is 12.4 Å². The topological polar surface area (TPSA) is 126 Å². The van der Waals surface area contributed by atoms with Crippen molar-refractivity contribution in [1.82, 2.24) is 5.23 Å². The number of hydrogen-bond acceptors (Lipinski definition) is 7. The molecule has 1 atom stereocenters. The van der Waals surface area contributed by atoms with E-state index in [1.165, 1.54) is 19.5 Å². The van der Waals surface area contributed by atoms with Crippen molar-refractivity contribution >= 4 is 29.5 Å². The number of aliphatic carboxylic acids is 1. The van der Waals surface area contributed by atoms with E-state index in [1.54, 1.807) is 69.3 Å². The highest BCUT2D eigenvalue weighted by Crippen LogP contribution is 2.42. The van der Waals surface area contributed by atoms with Gasteiger partial charge in [-0.05, 0) is 49.3 Å². The lowest BCUT2D eigenvalue weighted by atomic mass is 9.80. The molecule has 9 nitrogen and oxygen atoms in total. The summed E-state index contributed by atoms with van der Waals surface area (Å²) in [7, 11) is 1.26. The molecule has 2 rings (SSSR count). The van der Waals surface area contributed by atoms with Crippen LogP contribution in [0.1, 0.15) is 31.9 Å². The summed E-state index contributed by atoms with van der Waals surface area (Å²) < 4.78 is 0. The monoisotopic (exact) mass is 426 g/mol. The Labute approximate surface area is 180 Å². The van der Waals surface area contributed by atoms with Crippen LogP contribution in [0.4, 0.5) is 5.69 Å². The lowest BCUT2D eigenvalue weighted by Gasteiger charge is -2.41. The second kappa shape index (κ2) is 10.0. The Hall–Kier alpha value is -3.49. The zero-order valence-electron chi connectivity index (χ0n) is 17.8. The van der Waals surface area contributed by atoms with Gasteiger partial charge in [0.1, 0.15) is 12.3 Å². The van der Waals surface area contributed by atoms with E-state index in [-0.39, 0.29) is 11.1 Å². The van der Waals surface area contributed by atoms with Crippen LogP contribution in [0.15, 0.2) is 59.7 Å². The zero-order chi connectivity index (χ0) is 23.1.